The molecule has 1 aromatic rings. The molecular formula is C20H28F3N3O2. The molecule has 0 radical (unpaired) electrons. The minimum atomic E-state index is -4.57. The zero-order valence-electron chi connectivity index (χ0n) is 16.7. The average Bonchev–Trinajstić information content (AvgIpc) is 2.59. The molecule has 156 valence electrons. The van der Waals surface area contributed by atoms with Gasteiger partial charge in [-0.25, -0.2) is 0 Å². The highest BCUT2D eigenvalue weighted by Gasteiger charge is 2.34. The number of nitrogens with zero attached hydrogens (tertiary/aromatic N) is 2. The van der Waals surface area contributed by atoms with Gasteiger partial charge in [0.1, 0.15) is 0 Å². The van der Waals surface area contributed by atoms with Gasteiger partial charge in [-0.15, -0.1) is 0 Å². The molecule has 5 nitrogen and oxygen atoms in total. The fourth-order valence-corrected chi connectivity index (χ4v) is 3.82. The van der Waals surface area contributed by atoms with Crippen molar-refractivity contribution in [2.45, 2.75) is 39.4 Å². The first-order chi connectivity index (χ1) is 13.0. The first-order valence-corrected chi connectivity index (χ1v) is 9.44. The second-order valence-electron chi connectivity index (χ2n) is 7.86. The number of piperidine rings is 1. The van der Waals surface area contributed by atoms with E-state index in [0.717, 1.165) is 25.6 Å². The van der Waals surface area contributed by atoms with E-state index in [-0.39, 0.29) is 24.2 Å². The van der Waals surface area contributed by atoms with Crippen LogP contribution in [0.5, 0.6) is 0 Å². The number of benzene rings is 1. The summed E-state index contributed by atoms with van der Waals surface area (Å²) in [7, 11) is 1.49. The van der Waals surface area contributed by atoms with Crippen molar-refractivity contribution in [1.29, 1.82) is 0 Å². The first kappa shape index (κ1) is 22.2. The number of alkyl halides is 3. The number of halogens is 3. The molecule has 8 heteroatoms. The Bertz CT molecular complexity index is 698. The summed E-state index contributed by atoms with van der Waals surface area (Å²) in [4.78, 5) is 28.3. The van der Waals surface area contributed by atoms with Gasteiger partial charge in [0, 0.05) is 20.1 Å². The Hall–Kier alpha value is -2.09. The molecule has 0 bridgehead atoms. The van der Waals surface area contributed by atoms with Crippen molar-refractivity contribution in [3.05, 3.63) is 29.8 Å². The molecule has 1 aromatic carbocycles. The lowest BCUT2D eigenvalue weighted by atomic mass is 9.91. The first-order valence-electron chi connectivity index (χ1n) is 9.44. The van der Waals surface area contributed by atoms with Crippen LogP contribution < -0.4 is 5.32 Å². The number of likely N-dealkylation sites (tertiary alicyclic amines) is 1. The van der Waals surface area contributed by atoms with Crippen LogP contribution in [-0.2, 0) is 15.8 Å². The SMILES string of the molecule is C[C@@H]1C[C@H](C)CN([C@@H](C)C(=O)N(C)CC(=O)Nc2ccccc2C(F)(F)F)C1. The molecule has 0 aromatic heterocycles. The van der Waals surface area contributed by atoms with Gasteiger partial charge in [-0.3, -0.25) is 14.5 Å². The summed E-state index contributed by atoms with van der Waals surface area (Å²) in [5.74, 6) is 0.0960. The zero-order chi connectivity index (χ0) is 21.1. The maximum absolute atomic E-state index is 13.0. The lowest BCUT2D eigenvalue weighted by molar-refractivity contribution is -0.139. The molecule has 1 aliphatic rings. The lowest BCUT2D eigenvalue weighted by Gasteiger charge is -2.39. The minimum absolute atomic E-state index is 0.222. The predicted octanol–water partition coefficient (Wildman–Crippen LogP) is 3.47. The fraction of sp³-hybridized carbons (Fsp3) is 0.600. The quantitative estimate of drug-likeness (QED) is 0.825. The molecule has 1 fully saturated rings. The smallest absolute Gasteiger partial charge is 0.335 e. The molecule has 1 heterocycles. The maximum Gasteiger partial charge on any atom is 0.418 e. The van der Waals surface area contributed by atoms with E-state index in [1.54, 1.807) is 6.92 Å². The van der Waals surface area contributed by atoms with Crippen molar-refractivity contribution in [1.82, 2.24) is 9.80 Å². The average molecular weight is 399 g/mol. The monoisotopic (exact) mass is 399 g/mol. The largest absolute Gasteiger partial charge is 0.418 e. The highest BCUT2D eigenvalue weighted by molar-refractivity contribution is 5.95. The predicted molar refractivity (Wildman–Crippen MR) is 102 cm³/mol. The summed E-state index contributed by atoms with van der Waals surface area (Å²) in [6, 6.07) is 4.40. The van der Waals surface area contributed by atoms with Crippen LogP contribution in [0.2, 0.25) is 0 Å². The number of carbonyl (C=O) groups excluding carboxylic acids is 2. The molecule has 2 amide bonds. The van der Waals surface area contributed by atoms with Crippen molar-refractivity contribution in [3.63, 3.8) is 0 Å². The van der Waals surface area contributed by atoms with Gasteiger partial charge in [-0.2, -0.15) is 13.2 Å². The number of para-hydroxylation sites is 1. The summed E-state index contributed by atoms with van der Waals surface area (Å²) < 4.78 is 39.1. The van der Waals surface area contributed by atoms with E-state index in [1.165, 1.54) is 30.1 Å². The van der Waals surface area contributed by atoms with Gasteiger partial charge in [0.2, 0.25) is 11.8 Å². The molecule has 3 atom stereocenters. The lowest BCUT2D eigenvalue weighted by Crippen LogP contribution is -2.51. The van der Waals surface area contributed by atoms with Crippen molar-refractivity contribution in [2.75, 3.05) is 32.0 Å². The van der Waals surface area contributed by atoms with Crippen LogP contribution >= 0.6 is 0 Å². The van der Waals surface area contributed by atoms with Crippen LogP contribution in [0, 0.1) is 11.8 Å². The Balaban J connectivity index is 1.98. The number of rotatable bonds is 5. The molecule has 2 rings (SSSR count). The van der Waals surface area contributed by atoms with Gasteiger partial charge in [-0.1, -0.05) is 26.0 Å². The van der Waals surface area contributed by atoms with Gasteiger partial charge in [0.15, 0.2) is 0 Å². The topological polar surface area (TPSA) is 52.7 Å². The van der Waals surface area contributed by atoms with E-state index in [9.17, 15) is 22.8 Å². The summed E-state index contributed by atoms with van der Waals surface area (Å²) >= 11 is 0. The van der Waals surface area contributed by atoms with Crippen LogP contribution in [-0.4, -0.2) is 54.3 Å². The maximum atomic E-state index is 13.0. The Kier molecular flexibility index (Phi) is 7.09. The number of carbonyl (C=O) groups is 2. The van der Waals surface area contributed by atoms with Crippen LogP contribution in [0.25, 0.3) is 0 Å². The Morgan fingerprint density at radius 2 is 1.79 bits per heavy atom. The molecule has 0 unspecified atom stereocenters. The van der Waals surface area contributed by atoms with E-state index >= 15 is 0 Å². The normalized spacial score (nSPS) is 21.8. The van der Waals surface area contributed by atoms with E-state index in [2.05, 4.69) is 24.1 Å². The minimum Gasteiger partial charge on any atom is -0.335 e. The van der Waals surface area contributed by atoms with Crippen molar-refractivity contribution >= 4 is 17.5 Å². The molecule has 1 aliphatic heterocycles. The molecule has 28 heavy (non-hydrogen) atoms. The highest BCUT2D eigenvalue weighted by Crippen LogP contribution is 2.34. The van der Waals surface area contributed by atoms with Crippen LogP contribution in [0.1, 0.15) is 32.8 Å². The van der Waals surface area contributed by atoms with Gasteiger partial charge in [0.05, 0.1) is 23.8 Å². The van der Waals surface area contributed by atoms with Gasteiger partial charge >= 0.3 is 6.18 Å². The van der Waals surface area contributed by atoms with Gasteiger partial charge < -0.3 is 10.2 Å². The molecule has 0 saturated carbocycles. The fourth-order valence-electron chi connectivity index (χ4n) is 3.82. The van der Waals surface area contributed by atoms with Gasteiger partial charge in [0.25, 0.3) is 0 Å². The molecule has 0 spiro atoms. The van der Waals surface area contributed by atoms with Crippen molar-refractivity contribution < 1.29 is 22.8 Å². The van der Waals surface area contributed by atoms with Crippen LogP contribution in [0.15, 0.2) is 24.3 Å². The Morgan fingerprint density at radius 3 is 2.36 bits per heavy atom. The third-order valence-electron chi connectivity index (χ3n) is 5.07. The third-order valence-corrected chi connectivity index (χ3v) is 5.07. The summed E-state index contributed by atoms with van der Waals surface area (Å²) in [6.07, 6.45) is -3.45. The number of hydrogen-bond acceptors (Lipinski definition) is 3. The second kappa shape index (κ2) is 8.94. The number of amides is 2. The van der Waals surface area contributed by atoms with E-state index in [0.29, 0.717) is 11.8 Å². The molecule has 1 N–H and O–H groups in total. The zero-order valence-corrected chi connectivity index (χ0v) is 16.7. The molecular weight excluding hydrogens is 371 g/mol. The van der Waals surface area contributed by atoms with Crippen LogP contribution in [0.4, 0.5) is 18.9 Å². The summed E-state index contributed by atoms with van der Waals surface area (Å²) in [5, 5.41) is 2.27. The number of anilines is 1. The second-order valence-corrected chi connectivity index (χ2v) is 7.86. The number of likely N-dealkylation sites (N-methyl/N-ethyl adjacent to an activating group) is 1. The van der Waals surface area contributed by atoms with E-state index in [4.69, 9.17) is 0 Å². The van der Waals surface area contributed by atoms with E-state index < -0.39 is 17.6 Å². The third kappa shape index (κ3) is 5.70. The molecule has 0 aliphatic carbocycles. The highest BCUT2D eigenvalue weighted by atomic mass is 19.4. The molecule has 1 saturated heterocycles. The van der Waals surface area contributed by atoms with Gasteiger partial charge in [-0.05, 0) is 37.3 Å². The van der Waals surface area contributed by atoms with Crippen molar-refractivity contribution in [3.8, 4) is 0 Å². The van der Waals surface area contributed by atoms with Crippen LogP contribution in [0.3, 0.4) is 0 Å². The Morgan fingerprint density at radius 1 is 1.21 bits per heavy atom. The Labute approximate surface area is 163 Å². The number of hydrogen-bond donors (Lipinski definition) is 1. The van der Waals surface area contributed by atoms with Crippen molar-refractivity contribution in [2.24, 2.45) is 11.8 Å². The van der Waals surface area contributed by atoms with E-state index in [1.807, 2.05) is 0 Å². The summed E-state index contributed by atoms with van der Waals surface area (Å²) in [5.41, 5.74) is -1.23. The standard InChI is InChI=1S/C20H28F3N3O2/c1-13-9-14(2)11-26(10-13)15(3)19(28)25(4)12-18(27)24-17-8-6-5-7-16(17)20(21,22)23/h5-8,13-15H,9-12H2,1-4H3,(H,24,27)/t13-,14+,15-/m0/s1. The summed E-state index contributed by atoms with van der Waals surface area (Å²) in [6.45, 7) is 7.42. The number of nitrogens with one attached hydrogen (secondary N) is 1.